The molecule has 3 aromatic rings. The Bertz CT molecular complexity index is 1470. The van der Waals surface area contributed by atoms with Gasteiger partial charge in [-0.05, 0) is 47.4 Å². The molecule has 0 spiro atoms. The van der Waals surface area contributed by atoms with Crippen LogP contribution in [0.3, 0.4) is 0 Å². The van der Waals surface area contributed by atoms with Gasteiger partial charge in [0, 0.05) is 24.0 Å². The number of amides is 1. The van der Waals surface area contributed by atoms with Crippen LogP contribution >= 0.6 is 11.6 Å². The topological polar surface area (TPSA) is 135 Å². The van der Waals surface area contributed by atoms with Crippen molar-refractivity contribution in [2.45, 2.75) is 35.0 Å². The summed E-state index contributed by atoms with van der Waals surface area (Å²) in [5.41, 5.74) is 0.323. The first-order chi connectivity index (χ1) is 18.5. The fourth-order valence-corrected chi connectivity index (χ4v) is 7.02. The first kappa shape index (κ1) is 27.3. The van der Waals surface area contributed by atoms with Crippen LogP contribution < -0.4 is 0 Å². The molecule has 9 nitrogen and oxygen atoms in total. The second-order valence-corrected chi connectivity index (χ2v) is 12.2. The van der Waals surface area contributed by atoms with Crippen LogP contribution in [0.25, 0.3) is 11.1 Å². The number of aliphatic carboxylic acids is 1. The summed E-state index contributed by atoms with van der Waals surface area (Å²) in [6.45, 7) is -1.10. The lowest BCUT2D eigenvalue weighted by molar-refractivity contribution is -0.144. The molecule has 5 rings (SSSR count). The fraction of sp³-hybridized carbons (Fsp3) is 0.286. The van der Waals surface area contributed by atoms with Crippen molar-refractivity contribution in [1.29, 1.82) is 0 Å². The van der Waals surface area contributed by atoms with E-state index in [0.29, 0.717) is 10.6 Å². The number of benzene rings is 3. The third kappa shape index (κ3) is 5.06. The largest absolute Gasteiger partial charge is 0.480 e. The van der Waals surface area contributed by atoms with Gasteiger partial charge in [-0.3, -0.25) is 9.59 Å². The number of rotatable bonds is 8. The molecular formula is C28H27ClN2O7S. The zero-order valence-electron chi connectivity index (χ0n) is 20.7. The Hall–Kier alpha value is -3.28. The van der Waals surface area contributed by atoms with E-state index in [1.807, 2.05) is 0 Å². The van der Waals surface area contributed by atoms with Crippen molar-refractivity contribution in [2.24, 2.45) is 0 Å². The van der Waals surface area contributed by atoms with Crippen LogP contribution in [-0.4, -0.2) is 82.2 Å². The van der Waals surface area contributed by atoms with Gasteiger partial charge in [-0.1, -0.05) is 66.2 Å². The summed E-state index contributed by atoms with van der Waals surface area (Å²) in [6, 6.07) is 21.7. The van der Waals surface area contributed by atoms with E-state index < -0.39 is 52.1 Å². The lowest BCUT2D eigenvalue weighted by Gasteiger charge is -2.30. The Labute approximate surface area is 230 Å². The normalized spacial score (nSPS) is 24.6. The van der Waals surface area contributed by atoms with E-state index in [1.165, 1.54) is 12.1 Å². The van der Waals surface area contributed by atoms with E-state index in [2.05, 4.69) is 0 Å². The highest BCUT2D eigenvalue weighted by molar-refractivity contribution is 7.89. The smallest absolute Gasteiger partial charge is 0.325 e. The summed E-state index contributed by atoms with van der Waals surface area (Å²) in [5, 5.41) is 30.7. The Kier molecular flexibility index (Phi) is 7.25. The molecule has 2 fully saturated rings. The van der Waals surface area contributed by atoms with Crippen LogP contribution in [0.15, 0.2) is 83.8 Å². The van der Waals surface area contributed by atoms with Gasteiger partial charge in [0.15, 0.2) is 0 Å². The number of hydrogen-bond acceptors (Lipinski definition) is 6. The number of carboxylic acids is 1. The number of aliphatic hydroxyl groups is 2. The zero-order valence-corrected chi connectivity index (χ0v) is 22.3. The standard InChI is InChI=1S/C28H27ClN2O7S/c29-21-10-6-18(7-11-21)19-8-12-22(13-9-19)39(37,38)31(17-26(34)30-15-24(32)25(33)16-30)28(27(35)36)14-23(28)20-4-2-1-3-5-20/h1-13,23-25,32-33H,14-17H2,(H,35,36)/t23-,24?,25?,28+/m0/s1. The van der Waals surface area contributed by atoms with Crippen molar-refractivity contribution < 1.29 is 33.3 Å². The highest BCUT2D eigenvalue weighted by Gasteiger charge is 2.68. The second-order valence-electron chi connectivity index (χ2n) is 9.87. The molecule has 0 aromatic heterocycles. The van der Waals surface area contributed by atoms with Gasteiger partial charge in [-0.2, -0.15) is 4.31 Å². The molecule has 0 bridgehead atoms. The molecule has 39 heavy (non-hydrogen) atoms. The quantitative estimate of drug-likeness (QED) is 0.379. The highest BCUT2D eigenvalue weighted by atomic mass is 35.5. The third-order valence-electron chi connectivity index (χ3n) is 7.46. The van der Waals surface area contributed by atoms with Gasteiger partial charge < -0.3 is 20.2 Å². The number of hydrogen-bond donors (Lipinski definition) is 3. The average molecular weight is 571 g/mol. The molecule has 3 aromatic carbocycles. The van der Waals surface area contributed by atoms with E-state index in [-0.39, 0.29) is 24.4 Å². The van der Waals surface area contributed by atoms with Gasteiger partial charge in [-0.15, -0.1) is 0 Å². The van der Waals surface area contributed by atoms with Crippen LogP contribution in [0.4, 0.5) is 0 Å². The maximum Gasteiger partial charge on any atom is 0.325 e. The Morgan fingerprint density at radius 2 is 1.44 bits per heavy atom. The second kappa shape index (κ2) is 10.4. The van der Waals surface area contributed by atoms with Crippen LogP contribution in [0, 0.1) is 0 Å². The lowest BCUT2D eigenvalue weighted by Crippen LogP contribution is -2.52. The van der Waals surface area contributed by atoms with Gasteiger partial charge in [0.25, 0.3) is 0 Å². The molecule has 1 aliphatic heterocycles. The number of sulfonamides is 1. The van der Waals surface area contributed by atoms with Gasteiger partial charge in [0.1, 0.15) is 5.54 Å². The summed E-state index contributed by atoms with van der Waals surface area (Å²) < 4.78 is 28.9. The molecule has 204 valence electrons. The van der Waals surface area contributed by atoms with E-state index >= 15 is 0 Å². The van der Waals surface area contributed by atoms with E-state index in [1.54, 1.807) is 66.7 Å². The highest BCUT2D eigenvalue weighted by Crippen LogP contribution is 2.57. The lowest BCUT2D eigenvalue weighted by atomic mass is 10.1. The van der Waals surface area contributed by atoms with Crippen LogP contribution in [0.2, 0.25) is 5.02 Å². The molecule has 3 N–H and O–H groups in total. The van der Waals surface area contributed by atoms with Gasteiger partial charge in [0.2, 0.25) is 15.9 Å². The molecule has 1 heterocycles. The third-order valence-corrected chi connectivity index (χ3v) is 9.61. The Morgan fingerprint density at radius 1 is 0.897 bits per heavy atom. The van der Waals surface area contributed by atoms with Crippen LogP contribution in [0.1, 0.15) is 17.9 Å². The summed E-state index contributed by atoms with van der Waals surface area (Å²) in [7, 11) is -4.48. The van der Waals surface area contributed by atoms with Crippen molar-refractivity contribution in [3.63, 3.8) is 0 Å². The molecule has 1 saturated heterocycles. The SMILES string of the molecule is O=C(CN([C@]1(C(=O)O)C[C@H]1c1ccccc1)S(=O)(=O)c1ccc(-c2ccc(Cl)cc2)cc1)N1CC(O)C(O)C1. The summed E-state index contributed by atoms with van der Waals surface area (Å²) in [5.74, 6) is -2.72. The zero-order chi connectivity index (χ0) is 27.9. The van der Waals surface area contributed by atoms with Gasteiger partial charge >= 0.3 is 5.97 Å². The maximum absolute atomic E-state index is 14.0. The van der Waals surface area contributed by atoms with Crippen LogP contribution in [-0.2, 0) is 19.6 Å². The fourth-order valence-electron chi connectivity index (χ4n) is 5.18. The Balaban J connectivity index is 1.52. The molecular weight excluding hydrogens is 544 g/mol. The van der Waals surface area contributed by atoms with Crippen molar-refractivity contribution >= 4 is 33.5 Å². The summed E-state index contributed by atoms with van der Waals surface area (Å²) in [6.07, 6.45) is -2.33. The minimum atomic E-state index is -4.48. The number of nitrogens with zero attached hydrogens (tertiary/aromatic N) is 2. The van der Waals surface area contributed by atoms with Crippen molar-refractivity contribution in [3.05, 3.63) is 89.4 Å². The van der Waals surface area contributed by atoms with Crippen LogP contribution in [0.5, 0.6) is 0 Å². The number of carbonyl (C=O) groups excluding carboxylic acids is 1. The number of carboxylic acid groups (broad SMARTS) is 1. The monoisotopic (exact) mass is 570 g/mol. The van der Waals surface area contributed by atoms with Crippen molar-refractivity contribution in [3.8, 4) is 11.1 Å². The minimum absolute atomic E-state index is 0.00698. The molecule has 1 saturated carbocycles. The van der Waals surface area contributed by atoms with E-state index in [0.717, 1.165) is 20.3 Å². The number of carbonyl (C=O) groups is 2. The number of aliphatic hydroxyl groups excluding tert-OH is 2. The first-order valence-electron chi connectivity index (χ1n) is 12.3. The number of likely N-dealkylation sites (tertiary alicyclic amines) is 1. The first-order valence-corrected chi connectivity index (χ1v) is 14.2. The Morgan fingerprint density at radius 3 is 1.97 bits per heavy atom. The molecule has 11 heteroatoms. The van der Waals surface area contributed by atoms with E-state index in [9.17, 15) is 33.3 Å². The van der Waals surface area contributed by atoms with E-state index in [4.69, 9.17) is 11.6 Å². The summed E-state index contributed by atoms with van der Waals surface area (Å²) >= 11 is 5.96. The van der Waals surface area contributed by atoms with Crippen molar-refractivity contribution in [2.75, 3.05) is 19.6 Å². The molecule has 1 aliphatic carbocycles. The summed E-state index contributed by atoms with van der Waals surface area (Å²) in [4.78, 5) is 27.0. The van der Waals surface area contributed by atoms with Gasteiger partial charge in [-0.25, -0.2) is 8.42 Å². The molecule has 4 atom stereocenters. The maximum atomic E-state index is 14.0. The molecule has 2 unspecified atom stereocenters. The number of halogens is 1. The average Bonchev–Trinajstić information content (AvgIpc) is 3.60. The minimum Gasteiger partial charge on any atom is -0.480 e. The predicted octanol–water partition coefficient (Wildman–Crippen LogP) is 2.57. The van der Waals surface area contributed by atoms with Gasteiger partial charge in [0.05, 0.1) is 23.6 Å². The number of β-amino-alcohol motifs (C(OH)–C–C–N with tert-alkyl or cyclic N) is 2. The predicted molar refractivity (Wildman–Crippen MR) is 144 cm³/mol. The van der Waals surface area contributed by atoms with Crippen molar-refractivity contribution in [1.82, 2.24) is 9.21 Å². The molecule has 0 radical (unpaired) electrons. The molecule has 2 aliphatic rings. The molecule has 1 amide bonds.